The third-order valence-electron chi connectivity index (χ3n) is 2.83. The van der Waals surface area contributed by atoms with Crippen LogP contribution in [0.15, 0.2) is 6.33 Å². The summed E-state index contributed by atoms with van der Waals surface area (Å²) in [6.07, 6.45) is 2.25. The molecule has 1 aromatic rings. The minimum Gasteiger partial charge on any atom is -0.367 e. The van der Waals surface area contributed by atoms with E-state index >= 15 is 0 Å². The highest BCUT2D eigenvalue weighted by molar-refractivity contribution is 5.70. The molecule has 0 spiro atoms. The molecule has 0 unspecified atom stereocenters. The molecule has 0 amide bonds. The molecule has 0 atom stereocenters. The van der Waals surface area contributed by atoms with Gasteiger partial charge < -0.3 is 15.1 Å². The smallest absolute Gasteiger partial charge is 0.353 e. The van der Waals surface area contributed by atoms with Crippen LogP contribution in [0.5, 0.6) is 0 Å². The fourth-order valence-electron chi connectivity index (χ4n) is 1.87. The molecule has 0 radical (unpaired) electrons. The number of aromatic nitrogens is 2. The first kappa shape index (κ1) is 16.1. The number of rotatable bonds is 8. The molecule has 8 heteroatoms. The Balaban J connectivity index is 3.14. The van der Waals surface area contributed by atoms with E-state index in [9.17, 15) is 10.1 Å². The summed E-state index contributed by atoms with van der Waals surface area (Å²) >= 11 is 0. The molecule has 0 aliphatic heterocycles. The van der Waals surface area contributed by atoms with Crippen molar-refractivity contribution in [3.05, 3.63) is 16.4 Å². The Morgan fingerprint density at radius 2 is 2.00 bits per heavy atom. The first-order valence-electron chi connectivity index (χ1n) is 6.58. The Morgan fingerprint density at radius 1 is 1.30 bits per heavy atom. The highest BCUT2D eigenvalue weighted by Crippen LogP contribution is 2.31. The molecule has 0 aliphatic carbocycles. The Morgan fingerprint density at radius 3 is 2.50 bits per heavy atom. The molecule has 0 aromatic carbocycles. The monoisotopic (exact) mass is 282 g/mol. The summed E-state index contributed by atoms with van der Waals surface area (Å²) in [4.78, 5) is 22.9. The molecule has 0 bridgehead atoms. The molecular weight excluding hydrogens is 260 g/mol. The van der Waals surface area contributed by atoms with Gasteiger partial charge in [-0.25, -0.2) is 9.97 Å². The SMILES string of the molecule is CCCN(CCN(C)C)c1ncnc(NC)c1[N+](=O)[O-]. The molecule has 0 saturated heterocycles. The molecule has 0 saturated carbocycles. The lowest BCUT2D eigenvalue weighted by atomic mass is 10.3. The zero-order valence-electron chi connectivity index (χ0n) is 12.5. The molecule has 0 fully saturated rings. The maximum Gasteiger partial charge on any atom is 0.353 e. The van der Waals surface area contributed by atoms with Crippen molar-refractivity contribution in [3.8, 4) is 0 Å². The van der Waals surface area contributed by atoms with Crippen LogP contribution in [0.3, 0.4) is 0 Å². The summed E-state index contributed by atoms with van der Waals surface area (Å²) < 4.78 is 0. The van der Waals surface area contributed by atoms with Crippen LogP contribution in [0.25, 0.3) is 0 Å². The topological polar surface area (TPSA) is 87.4 Å². The fraction of sp³-hybridized carbons (Fsp3) is 0.667. The third-order valence-corrected chi connectivity index (χ3v) is 2.83. The minimum absolute atomic E-state index is 0.0674. The van der Waals surface area contributed by atoms with Crippen molar-refractivity contribution in [2.75, 3.05) is 51.0 Å². The number of anilines is 2. The van der Waals surface area contributed by atoms with Crippen LogP contribution in [-0.2, 0) is 0 Å². The molecule has 1 rings (SSSR count). The van der Waals surface area contributed by atoms with Gasteiger partial charge in [-0.1, -0.05) is 6.92 Å². The predicted molar refractivity (Wildman–Crippen MR) is 79.3 cm³/mol. The van der Waals surface area contributed by atoms with Gasteiger partial charge in [0.05, 0.1) is 4.92 Å². The lowest BCUT2D eigenvalue weighted by Crippen LogP contribution is -2.33. The van der Waals surface area contributed by atoms with Gasteiger partial charge >= 0.3 is 5.69 Å². The highest BCUT2D eigenvalue weighted by atomic mass is 16.6. The zero-order valence-corrected chi connectivity index (χ0v) is 12.5. The number of hydrogen-bond acceptors (Lipinski definition) is 7. The lowest BCUT2D eigenvalue weighted by molar-refractivity contribution is -0.383. The highest BCUT2D eigenvalue weighted by Gasteiger charge is 2.26. The number of likely N-dealkylation sites (N-methyl/N-ethyl adjacent to an activating group) is 1. The Kier molecular flexibility index (Phi) is 6.10. The van der Waals surface area contributed by atoms with Crippen LogP contribution in [0.1, 0.15) is 13.3 Å². The quantitative estimate of drug-likeness (QED) is 0.566. The van der Waals surface area contributed by atoms with E-state index in [1.54, 1.807) is 7.05 Å². The van der Waals surface area contributed by atoms with Crippen molar-refractivity contribution < 1.29 is 4.92 Å². The second-order valence-electron chi connectivity index (χ2n) is 4.69. The summed E-state index contributed by atoms with van der Waals surface area (Å²) in [6, 6.07) is 0. The van der Waals surface area contributed by atoms with E-state index in [0.29, 0.717) is 12.4 Å². The lowest BCUT2D eigenvalue weighted by Gasteiger charge is -2.24. The van der Waals surface area contributed by atoms with Gasteiger partial charge in [0.2, 0.25) is 11.6 Å². The van der Waals surface area contributed by atoms with E-state index in [2.05, 4.69) is 15.3 Å². The van der Waals surface area contributed by atoms with Crippen molar-refractivity contribution >= 4 is 17.3 Å². The molecule has 1 N–H and O–H groups in total. The second-order valence-corrected chi connectivity index (χ2v) is 4.69. The van der Waals surface area contributed by atoms with Crippen LogP contribution in [0.2, 0.25) is 0 Å². The van der Waals surface area contributed by atoms with Gasteiger partial charge in [-0.3, -0.25) is 10.1 Å². The Hall–Kier alpha value is -1.96. The van der Waals surface area contributed by atoms with Crippen molar-refractivity contribution in [1.82, 2.24) is 14.9 Å². The Bertz CT molecular complexity index is 452. The second kappa shape index (κ2) is 7.59. The van der Waals surface area contributed by atoms with Crippen molar-refractivity contribution in [2.45, 2.75) is 13.3 Å². The van der Waals surface area contributed by atoms with Crippen LogP contribution in [0.4, 0.5) is 17.3 Å². The maximum absolute atomic E-state index is 11.3. The van der Waals surface area contributed by atoms with E-state index in [1.165, 1.54) is 6.33 Å². The number of nitro groups is 1. The fourth-order valence-corrected chi connectivity index (χ4v) is 1.87. The van der Waals surface area contributed by atoms with E-state index in [4.69, 9.17) is 0 Å². The largest absolute Gasteiger partial charge is 0.367 e. The van der Waals surface area contributed by atoms with E-state index in [0.717, 1.165) is 19.5 Å². The van der Waals surface area contributed by atoms with Gasteiger partial charge in [0.15, 0.2) is 0 Å². The van der Waals surface area contributed by atoms with Gasteiger partial charge in [0.1, 0.15) is 6.33 Å². The van der Waals surface area contributed by atoms with Gasteiger partial charge in [0.25, 0.3) is 0 Å². The molecule has 1 heterocycles. The summed E-state index contributed by atoms with van der Waals surface area (Å²) in [6.45, 7) is 4.24. The van der Waals surface area contributed by atoms with Crippen LogP contribution < -0.4 is 10.2 Å². The average Bonchev–Trinajstić information content (AvgIpc) is 2.42. The minimum atomic E-state index is -0.431. The first-order valence-corrected chi connectivity index (χ1v) is 6.58. The van der Waals surface area contributed by atoms with Crippen molar-refractivity contribution in [3.63, 3.8) is 0 Å². The van der Waals surface area contributed by atoms with E-state index < -0.39 is 4.92 Å². The molecule has 20 heavy (non-hydrogen) atoms. The zero-order chi connectivity index (χ0) is 15.1. The van der Waals surface area contributed by atoms with E-state index in [1.807, 2.05) is 30.8 Å². The van der Waals surface area contributed by atoms with Crippen LogP contribution in [0, 0.1) is 10.1 Å². The summed E-state index contributed by atoms with van der Waals surface area (Å²) in [7, 11) is 5.55. The van der Waals surface area contributed by atoms with Crippen molar-refractivity contribution in [1.29, 1.82) is 0 Å². The van der Waals surface area contributed by atoms with Crippen LogP contribution >= 0.6 is 0 Å². The third kappa shape index (κ3) is 4.02. The van der Waals surface area contributed by atoms with E-state index in [-0.39, 0.29) is 11.5 Å². The Labute approximate surface area is 119 Å². The molecule has 8 nitrogen and oxygen atoms in total. The van der Waals surface area contributed by atoms with Gasteiger partial charge in [0, 0.05) is 26.7 Å². The molecule has 1 aromatic heterocycles. The molecule has 0 aliphatic rings. The number of hydrogen-bond donors (Lipinski definition) is 1. The number of nitrogens with zero attached hydrogens (tertiary/aromatic N) is 5. The molecular formula is C12H22N6O2. The van der Waals surface area contributed by atoms with Gasteiger partial charge in [-0.15, -0.1) is 0 Å². The normalized spacial score (nSPS) is 10.7. The molecule has 112 valence electrons. The predicted octanol–water partition coefficient (Wildman–Crippen LogP) is 1.20. The first-order chi connectivity index (χ1) is 9.51. The summed E-state index contributed by atoms with van der Waals surface area (Å²) in [5, 5.41) is 14.0. The summed E-state index contributed by atoms with van der Waals surface area (Å²) in [5.74, 6) is 0.615. The van der Waals surface area contributed by atoms with Gasteiger partial charge in [-0.05, 0) is 20.5 Å². The standard InChI is InChI=1S/C12H22N6O2/c1-5-6-17(8-7-16(3)4)12-10(18(19)20)11(13-2)14-9-15-12/h9H,5-8H2,1-4H3,(H,13,14,15). The van der Waals surface area contributed by atoms with Crippen LogP contribution in [-0.4, -0.2) is 60.6 Å². The van der Waals surface area contributed by atoms with Crippen molar-refractivity contribution in [2.24, 2.45) is 0 Å². The number of nitrogens with one attached hydrogen (secondary N) is 1. The maximum atomic E-state index is 11.3. The summed E-state index contributed by atoms with van der Waals surface area (Å²) in [5.41, 5.74) is -0.0674. The van der Waals surface area contributed by atoms with Gasteiger partial charge in [-0.2, -0.15) is 0 Å². The average molecular weight is 282 g/mol.